The van der Waals surface area contributed by atoms with Crippen molar-refractivity contribution in [1.29, 1.82) is 0 Å². The number of ether oxygens (including phenoxy) is 3. The number of nitrogens with one attached hydrogen (secondary N) is 1. The van der Waals surface area contributed by atoms with Crippen LogP contribution in [0.1, 0.15) is 30.4 Å². The molecule has 0 aromatic heterocycles. The minimum atomic E-state index is -0.515. The monoisotopic (exact) mass is 564 g/mol. The van der Waals surface area contributed by atoms with E-state index in [0.717, 1.165) is 12.0 Å². The van der Waals surface area contributed by atoms with Crippen molar-refractivity contribution >= 4 is 29.2 Å². The molecule has 5 rings (SSSR count). The summed E-state index contributed by atoms with van der Waals surface area (Å²) in [5, 5.41) is 3.40. The molecule has 0 saturated carbocycles. The summed E-state index contributed by atoms with van der Waals surface area (Å²) < 4.78 is 31.2. The molecule has 40 heavy (non-hydrogen) atoms. The van der Waals surface area contributed by atoms with E-state index in [9.17, 15) is 14.0 Å². The van der Waals surface area contributed by atoms with E-state index in [2.05, 4.69) is 5.32 Å². The number of methoxy groups -OCH3 is 1. The topological polar surface area (TPSA) is 77.1 Å². The van der Waals surface area contributed by atoms with Crippen LogP contribution in [0, 0.1) is 5.82 Å². The molecule has 1 fully saturated rings. The molecule has 2 amide bonds. The quantitative estimate of drug-likeness (QED) is 0.254. The molecular formula is C31H30ClFN2O5. The number of carbonyl (C=O) groups excluding carboxylic acids is 2. The summed E-state index contributed by atoms with van der Waals surface area (Å²) >= 11 is 6.13. The summed E-state index contributed by atoms with van der Waals surface area (Å²) in [6, 6.07) is 20.1. The number of halogens is 2. The molecule has 1 N–H and O–H groups in total. The van der Waals surface area contributed by atoms with Gasteiger partial charge in [0.25, 0.3) is 0 Å². The summed E-state index contributed by atoms with van der Waals surface area (Å²) in [5.41, 5.74) is 2.68. The molecule has 2 aliphatic heterocycles. The second kappa shape index (κ2) is 12.4. The lowest BCUT2D eigenvalue weighted by Gasteiger charge is -2.37. The Morgan fingerprint density at radius 1 is 1.00 bits per heavy atom. The lowest BCUT2D eigenvalue weighted by Crippen LogP contribution is -2.51. The first kappa shape index (κ1) is 27.5. The van der Waals surface area contributed by atoms with Gasteiger partial charge in [0.05, 0.1) is 30.3 Å². The summed E-state index contributed by atoms with van der Waals surface area (Å²) in [4.78, 5) is 28.1. The Balaban J connectivity index is 1.36. The van der Waals surface area contributed by atoms with E-state index >= 15 is 0 Å². The third-order valence-electron chi connectivity index (χ3n) is 7.22. The van der Waals surface area contributed by atoms with Crippen molar-refractivity contribution in [3.63, 3.8) is 0 Å². The fourth-order valence-corrected chi connectivity index (χ4v) is 5.61. The minimum absolute atomic E-state index is 0.134. The average molecular weight is 565 g/mol. The van der Waals surface area contributed by atoms with Crippen LogP contribution in [0.4, 0.5) is 9.18 Å². The van der Waals surface area contributed by atoms with Crippen LogP contribution in [0.25, 0.3) is 5.57 Å². The summed E-state index contributed by atoms with van der Waals surface area (Å²) in [6.45, 7) is 0.747. The average Bonchev–Trinajstić information content (AvgIpc) is 3.28. The Kier molecular flexibility index (Phi) is 8.55. The fourth-order valence-electron chi connectivity index (χ4n) is 5.42. The summed E-state index contributed by atoms with van der Waals surface area (Å²) in [5.74, 6) is -0.0692. The molecule has 2 bridgehead atoms. The SMILES string of the molecule is COC(=O)C1=C(c2ccc(F)cc2OCc2ccccc2)C[C@@H]2CC[C@H]1N2C(=O)NCCOc1ccccc1Cl. The molecule has 0 spiro atoms. The zero-order valence-electron chi connectivity index (χ0n) is 22.1. The van der Waals surface area contributed by atoms with Crippen LogP contribution in [0.3, 0.4) is 0 Å². The van der Waals surface area contributed by atoms with E-state index in [1.807, 2.05) is 42.5 Å². The molecule has 7 nitrogen and oxygen atoms in total. The van der Waals surface area contributed by atoms with E-state index in [1.54, 1.807) is 23.1 Å². The summed E-state index contributed by atoms with van der Waals surface area (Å²) in [7, 11) is 1.32. The first-order valence-electron chi connectivity index (χ1n) is 13.2. The highest BCUT2D eigenvalue weighted by molar-refractivity contribution is 6.32. The Bertz CT molecular complexity index is 1410. The Labute approximate surface area is 237 Å². The van der Waals surface area contributed by atoms with Gasteiger partial charge >= 0.3 is 12.0 Å². The van der Waals surface area contributed by atoms with Crippen LogP contribution in [0.2, 0.25) is 5.02 Å². The molecule has 0 aliphatic carbocycles. The second-order valence-corrected chi connectivity index (χ2v) is 10.1. The van der Waals surface area contributed by atoms with E-state index in [-0.39, 0.29) is 31.8 Å². The molecule has 3 aromatic carbocycles. The maximum atomic E-state index is 14.3. The van der Waals surface area contributed by atoms with Gasteiger partial charge in [-0.2, -0.15) is 0 Å². The zero-order chi connectivity index (χ0) is 28.1. The number of urea groups is 1. The van der Waals surface area contributed by atoms with Crippen LogP contribution in [0.5, 0.6) is 11.5 Å². The van der Waals surface area contributed by atoms with Crippen molar-refractivity contribution in [2.75, 3.05) is 20.3 Å². The number of hydrogen-bond acceptors (Lipinski definition) is 5. The highest BCUT2D eigenvalue weighted by Gasteiger charge is 2.47. The van der Waals surface area contributed by atoms with Gasteiger partial charge in [-0.15, -0.1) is 0 Å². The minimum Gasteiger partial charge on any atom is -0.490 e. The lowest BCUT2D eigenvalue weighted by atomic mass is 9.88. The van der Waals surface area contributed by atoms with Gasteiger partial charge in [-0.1, -0.05) is 54.1 Å². The van der Waals surface area contributed by atoms with Gasteiger partial charge in [0, 0.05) is 17.7 Å². The van der Waals surface area contributed by atoms with Crippen LogP contribution in [0.15, 0.2) is 78.4 Å². The van der Waals surface area contributed by atoms with Crippen LogP contribution >= 0.6 is 11.6 Å². The number of benzene rings is 3. The Hall–Kier alpha value is -4.04. The van der Waals surface area contributed by atoms with Gasteiger partial charge in [-0.25, -0.2) is 14.0 Å². The lowest BCUT2D eigenvalue weighted by molar-refractivity contribution is -0.136. The molecule has 2 atom stereocenters. The van der Waals surface area contributed by atoms with E-state index in [1.165, 1.54) is 19.2 Å². The number of amides is 2. The van der Waals surface area contributed by atoms with E-state index in [4.69, 9.17) is 25.8 Å². The van der Waals surface area contributed by atoms with Crippen molar-refractivity contribution in [2.45, 2.75) is 38.0 Å². The molecule has 208 valence electrons. The molecule has 0 unspecified atom stereocenters. The first-order chi connectivity index (χ1) is 19.5. The highest BCUT2D eigenvalue weighted by atomic mass is 35.5. The molecular weight excluding hydrogens is 535 g/mol. The molecule has 2 heterocycles. The smallest absolute Gasteiger partial charge is 0.336 e. The van der Waals surface area contributed by atoms with Gasteiger partial charge in [-0.3, -0.25) is 0 Å². The fraction of sp³-hybridized carbons (Fsp3) is 0.290. The molecule has 9 heteroatoms. The number of para-hydroxylation sites is 1. The predicted octanol–water partition coefficient (Wildman–Crippen LogP) is 6.01. The predicted molar refractivity (Wildman–Crippen MR) is 150 cm³/mol. The molecule has 1 saturated heterocycles. The summed E-state index contributed by atoms with van der Waals surface area (Å²) in [6.07, 6.45) is 1.75. The van der Waals surface area contributed by atoms with Gasteiger partial charge < -0.3 is 24.4 Å². The largest absolute Gasteiger partial charge is 0.490 e. The number of nitrogens with zero attached hydrogens (tertiary/aromatic N) is 1. The number of esters is 1. The Morgan fingerprint density at radius 2 is 1.77 bits per heavy atom. The van der Waals surface area contributed by atoms with Gasteiger partial charge in [0.15, 0.2) is 0 Å². The van der Waals surface area contributed by atoms with Gasteiger partial charge in [0.2, 0.25) is 0 Å². The molecule has 2 aliphatic rings. The van der Waals surface area contributed by atoms with Crippen molar-refractivity contribution < 1.29 is 28.2 Å². The van der Waals surface area contributed by atoms with Crippen molar-refractivity contribution in [3.05, 3.63) is 100 Å². The normalized spacial score (nSPS) is 17.9. The number of fused-ring (bicyclic) bond motifs is 2. The van der Waals surface area contributed by atoms with Crippen molar-refractivity contribution in [1.82, 2.24) is 10.2 Å². The van der Waals surface area contributed by atoms with Crippen LogP contribution < -0.4 is 14.8 Å². The number of hydrogen-bond donors (Lipinski definition) is 1. The van der Waals surface area contributed by atoms with Gasteiger partial charge in [0.1, 0.15) is 30.5 Å². The van der Waals surface area contributed by atoms with Crippen LogP contribution in [-0.2, 0) is 16.1 Å². The zero-order valence-corrected chi connectivity index (χ0v) is 22.8. The van der Waals surface area contributed by atoms with Crippen LogP contribution in [-0.4, -0.2) is 49.2 Å². The van der Waals surface area contributed by atoms with E-state index < -0.39 is 17.8 Å². The third kappa shape index (κ3) is 5.92. The van der Waals surface area contributed by atoms with Crippen molar-refractivity contribution in [2.24, 2.45) is 0 Å². The standard InChI is InChI=1S/C31H30ClFN2O5/c1-38-30(36)29-24(23-13-11-21(33)17-28(23)40-19-20-7-3-2-4-8-20)18-22-12-14-26(29)35(22)31(37)34-15-16-39-27-10-6-5-9-25(27)32/h2-11,13,17,22,26H,12,14-16,18-19H2,1H3,(H,34,37)/t22-,26+/m0/s1. The maximum Gasteiger partial charge on any atom is 0.336 e. The molecule has 3 aromatic rings. The third-order valence-corrected chi connectivity index (χ3v) is 7.53. The highest BCUT2D eigenvalue weighted by Crippen LogP contribution is 2.45. The second-order valence-electron chi connectivity index (χ2n) is 9.67. The number of rotatable bonds is 9. The Morgan fingerprint density at radius 3 is 2.55 bits per heavy atom. The maximum absolute atomic E-state index is 14.3. The van der Waals surface area contributed by atoms with Crippen molar-refractivity contribution in [3.8, 4) is 11.5 Å². The number of carbonyl (C=O) groups is 2. The van der Waals surface area contributed by atoms with Gasteiger partial charge in [-0.05, 0) is 54.7 Å². The molecule has 0 radical (unpaired) electrons. The first-order valence-corrected chi connectivity index (χ1v) is 13.6. The van der Waals surface area contributed by atoms with E-state index in [0.29, 0.717) is 46.1 Å².